The summed E-state index contributed by atoms with van der Waals surface area (Å²) in [7, 11) is 0. The predicted octanol–water partition coefficient (Wildman–Crippen LogP) is 2.44. The zero-order chi connectivity index (χ0) is 12.0. The van der Waals surface area contributed by atoms with Crippen LogP contribution < -0.4 is 0 Å². The van der Waals surface area contributed by atoms with Gasteiger partial charge in [0.05, 0.1) is 6.61 Å². The summed E-state index contributed by atoms with van der Waals surface area (Å²) in [5, 5.41) is 8.71. The first-order valence-corrected chi connectivity index (χ1v) is 6.17. The third-order valence-electron chi connectivity index (χ3n) is 3.34. The van der Waals surface area contributed by atoms with Gasteiger partial charge in [-0.2, -0.15) is 0 Å². The first kappa shape index (κ1) is 13.2. The highest BCUT2D eigenvalue weighted by molar-refractivity contribution is 5.87. The maximum absolute atomic E-state index is 11.7. The Kier molecular flexibility index (Phi) is 5.53. The standard InChI is InChI=1S/C13H22O3/c1-3-11-6-4-5-7-12(11)16-13(15)10(2)8-9-14/h8,11-12,14H,3-7,9H2,1-2H3. The van der Waals surface area contributed by atoms with Gasteiger partial charge < -0.3 is 9.84 Å². The number of aliphatic hydroxyl groups is 1. The Morgan fingerprint density at radius 2 is 2.12 bits per heavy atom. The second-order valence-electron chi connectivity index (χ2n) is 4.47. The molecule has 0 aromatic heterocycles. The van der Waals surface area contributed by atoms with Gasteiger partial charge in [0.25, 0.3) is 0 Å². The van der Waals surface area contributed by atoms with Crippen molar-refractivity contribution in [2.24, 2.45) is 5.92 Å². The van der Waals surface area contributed by atoms with Gasteiger partial charge in [-0.25, -0.2) is 4.79 Å². The van der Waals surface area contributed by atoms with Crippen LogP contribution in [-0.4, -0.2) is 23.8 Å². The van der Waals surface area contributed by atoms with Crippen molar-refractivity contribution in [3.63, 3.8) is 0 Å². The van der Waals surface area contributed by atoms with Crippen LogP contribution in [0, 0.1) is 5.92 Å². The van der Waals surface area contributed by atoms with E-state index in [1.165, 1.54) is 12.5 Å². The van der Waals surface area contributed by atoms with Crippen molar-refractivity contribution in [3.05, 3.63) is 11.6 Å². The van der Waals surface area contributed by atoms with E-state index in [2.05, 4.69) is 6.92 Å². The highest BCUT2D eigenvalue weighted by Gasteiger charge is 2.27. The Hall–Kier alpha value is -0.830. The summed E-state index contributed by atoms with van der Waals surface area (Å²) in [5.74, 6) is 0.235. The lowest BCUT2D eigenvalue weighted by Gasteiger charge is -2.30. The van der Waals surface area contributed by atoms with Crippen LogP contribution in [0.3, 0.4) is 0 Å². The number of aliphatic hydroxyl groups excluding tert-OH is 1. The van der Waals surface area contributed by atoms with Gasteiger partial charge in [0, 0.05) is 5.57 Å². The number of carbonyl (C=O) groups is 1. The topological polar surface area (TPSA) is 46.5 Å². The molecule has 1 rings (SSSR count). The van der Waals surface area contributed by atoms with Crippen LogP contribution in [0.15, 0.2) is 11.6 Å². The molecule has 16 heavy (non-hydrogen) atoms. The van der Waals surface area contributed by atoms with E-state index in [9.17, 15) is 4.79 Å². The third-order valence-corrected chi connectivity index (χ3v) is 3.34. The van der Waals surface area contributed by atoms with Gasteiger partial charge in [-0.05, 0) is 44.6 Å². The summed E-state index contributed by atoms with van der Waals surface area (Å²) in [5.41, 5.74) is 0.503. The molecule has 1 aliphatic carbocycles. The monoisotopic (exact) mass is 226 g/mol. The molecule has 0 amide bonds. The molecule has 0 aromatic rings. The lowest BCUT2D eigenvalue weighted by Crippen LogP contribution is -2.30. The van der Waals surface area contributed by atoms with Crippen LogP contribution in [0.4, 0.5) is 0 Å². The van der Waals surface area contributed by atoms with Crippen LogP contribution in [0.25, 0.3) is 0 Å². The number of hydrogen-bond acceptors (Lipinski definition) is 3. The normalized spacial score (nSPS) is 26.6. The molecular formula is C13H22O3. The van der Waals surface area contributed by atoms with Gasteiger partial charge in [-0.3, -0.25) is 0 Å². The molecule has 2 atom stereocenters. The smallest absolute Gasteiger partial charge is 0.333 e. The Morgan fingerprint density at radius 3 is 2.75 bits per heavy atom. The lowest BCUT2D eigenvalue weighted by molar-refractivity contribution is -0.148. The van der Waals surface area contributed by atoms with Gasteiger partial charge in [-0.15, -0.1) is 0 Å². The van der Waals surface area contributed by atoms with Gasteiger partial charge >= 0.3 is 5.97 Å². The Morgan fingerprint density at radius 1 is 1.44 bits per heavy atom. The van der Waals surface area contributed by atoms with E-state index >= 15 is 0 Å². The molecule has 0 aromatic carbocycles. The van der Waals surface area contributed by atoms with E-state index in [1.807, 2.05) is 0 Å². The zero-order valence-corrected chi connectivity index (χ0v) is 10.2. The van der Waals surface area contributed by atoms with Crippen LogP contribution in [0.1, 0.15) is 46.0 Å². The fraction of sp³-hybridized carbons (Fsp3) is 0.769. The van der Waals surface area contributed by atoms with Crippen LogP contribution >= 0.6 is 0 Å². The van der Waals surface area contributed by atoms with Crippen molar-refractivity contribution in [1.29, 1.82) is 0 Å². The van der Waals surface area contributed by atoms with E-state index in [4.69, 9.17) is 9.84 Å². The molecule has 1 N–H and O–H groups in total. The predicted molar refractivity (Wildman–Crippen MR) is 63.0 cm³/mol. The fourth-order valence-electron chi connectivity index (χ4n) is 2.25. The molecule has 0 aliphatic heterocycles. The lowest BCUT2D eigenvalue weighted by atomic mass is 9.85. The highest BCUT2D eigenvalue weighted by Crippen LogP contribution is 2.29. The SMILES string of the molecule is CCC1CCCCC1OC(=O)C(C)=CCO. The Labute approximate surface area is 97.5 Å². The van der Waals surface area contributed by atoms with Crippen molar-refractivity contribution in [3.8, 4) is 0 Å². The molecule has 0 spiro atoms. The number of esters is 1. The number of hydrogen-bond donors (Lipinski definition) is 1. The molecule has 3 heteroatoms. The maximum Gasteiger partial charge on any atom is 0.333 e. The second kappa shape index (κ2) is 6.69. The largest absolute Gasteiger partial charge is 0.459 e. The van der Waals surface area contributed by atoms with Crippen LogP contribution in [-0.2, 0) is 9.53 Å². The van der Waals surface area contributed by atoms with Crippen molar-refractivity contribution in [2.75, 3.05) is 6.61 Å². The molecule has 0 heterocycles. The van der Waals surface area contributed by atoms with E-state index < -0.39 is 0 Å². The Balaban J connectivity index is 2.51. The van der Waals surface area contributed by atoms with E-state index in [-0.39, 0.29) is 18.7 Å². The summed E-state index contributed by atoms with van der Waals surface area (Å²) >= 11 is 0. The van der Waals surface area contributed by atoms with Gasteiger partial charge in [-0.1, -0.05) is 13.3 Å². The first-order chi connectivity index (χ1) is 7.69. The minimum absolute atomic E-state index is 0.0771. The van der Waals surface area contributed by atoms with Crippen molar-refractivity contribution >= 4 is 5.97 Å². The van der Waals surface area contributed by atoms with Crippen molar-refractivity contribution < 1.29 is 14.6 Å². The second-order valence-corrected chi connectivity index (χ2v) is 4.47. The quantitative estimate of drug-likeness (QED) is 0.591. The van der Waals surface area contributed by atoms with E-state index in [0.717, 1.165) is 25.7 Å². The summed E-state index contributed by atoms with van der Waals surface area (Å²) in [4.78, 5) is 11.7. The fourth-order valence-corrected chi connectivity index (χ4v) is 2.25. The summed E-state index contributed by atoms with van der Waals surface area (Å²) in [6.07, 6.45) is 7.18. The maximum atomic E-state index is 11.7. The molecule has 1 aliphatic rings. The summed E-state index contributed by atoms with van der Waals surface area (Å²) in [6.45, 7) is 3.72. The van der Waals surface area contributed by atoms with Crippen molar-refractivity contribution in [2.45, 2.75) is 52.1 Å². The molecular weight excluding hydrogens is 204 g/mol. The van der Waals surface area contributed by atoms with Crippen LogP contribution in [0.2, 0.25) is 0 Å². The van der Waals surface area contributed by atoms with Gasteiger partial charge in [0.1, 0.15) is 6.10 Å². The first-order valence-electron chi connectivity index (χ1n) is 6.17. The third kappa shape index (κ3) is 3.63. The molecule has 0 radical (unpaired) electrons. The number of ether oxygens (including phenoxy) is 1. The average molecular weight is 226 g/mol. The van der Waals surface area contributed by atoms with Crippen LogP contribution in [0.5, 0.6) is 0 Å². The molecule has 0 bridgehead atoms. The molecule has 1 fully saturated rings. The van der Waals surface area contributed by atoms with Crippen molar-refractivity contribution in [1.82, 2.24) is 0 Å². The number of carbonyl (C=O) groups excluding carboxylic acids is 1. The van der Waals surface area contributed by atoms with E-state index in [0.29, 0.717) is 11.5 Å². The summed E-state index contributed by atoms with van der Waals surface area (Å²) in [6, 6.07) is 0. The average Bonchev–Trinajstić information content (AvgIpc) is 2.30. The molecule has 1 saturated carbocycles. The minimum Gasteiger partial charge on any atom is -0.459 e. The molecule has 0 saturated heterocycles. The van der Waals surface area contributed by atoms with Gasteiger partial charge in [0.15, 0.2) is 0 Å². The zero-order valence-electron chi connectivity index (χ0n) is 10.2. The highest BCUT2D eigenvalue weighted by atomic mass is 16.5. The molecule has 2 unspecified atom stereocenters. The Bertz CT molecular complexity index is 258. The molecule has 92 valence electrons. The molecule has 3 nitrogen and oxygen atoms in total. The minimum atomic E-state index is -0.278. The summed E-state index contributed by atoms with van der Waals surface area (Å²) < 4.78 is 5.49. The number of rotatable bonds is 4. The van der Waals surface area contributed by atoms with Gasteiger partial charge in [0.2, 0.25) is 0 Å². The van der Waals surface area contributed by atoms with E-state index in [1.54, 1.807) is 6.92 Å².